The topological polar surface area (TPSA) is 58.6 Å². The molecular formula is C20H30N2O3. The number of ether oxygens (including phenoxy) is 1. The highest BCUT2D eigenvalue weighted by atomic mass is 16.5. The lowest BCUT2D eigenvalue weighted by Gasteiger charge is -2.24. The third kappa shape index (κ3) is 5.76. The second-order valence-electron chi connectivity index (χ2n) is 7.13. The highest BCUT2D eigenvalue weighted by Gasteiger charge is 2.32. The number of amides is 2. The molecule has 25 heavy (non-hydrogen) atoms. The van der Waals surface area contributed by atoms with Crippen LogP contribution in [0.25, 0.3) is 0 Å². The van der Waals surface area contributed by atoms with Gasteiger partial charge in [0.15, 0.2) is 0 Å². The van der Waals surface area contributed by atoms with Gasteiger partial charge in [-0.25, -0.2) is 0 Å². The Labute approximate surface area is 150 Å². The third-order valence-electron chi connectivity index (χ3n) is 4.51. The molecule has 0 spiro atoms. The molecule has 1 fully saturated rings. The molecule has 2 atom stereocenters. The van der Waals surface area contributed by atoms with Crippen LogP contribution in [-0.4, -0.2) is 41.4 Å². The van der Waals surface area contributed by atoms with E-state index in [1.165, 1.54) is 12.5 Å². The van der Waals surface area contributed by atoms with Crippen LogP contribution in [0.4, 0.5) is 0 Å². The molecule has 2 rings (SSSR count). The lowest BCUT2D eigenvalue weighted by molar-refractivity contribution is -0.137. The number of aryl methyl sites for hydroxylation is 1. The molecular weight excluding hydrogens is 316 g/mol. The Hall–Kier alpha value is -2.04. The second-order valence-corrected chi connectivity index (χ2v) is 7.13. The molecule has 0 aromatic heterocycles. The predicted molar refractivity (Wildman–Crippen MR) is 98.5 cm³/mol. The van der Waals surface area contributed by atoms with Crippen molar-refractivity contribution >= 4 is 11.8 Å². The van der Waals surface area contributed by atoms with Crippen molar-refractivity contribution in [1.29, 1.82) is 0 Å². The summed E-state index contributed by atoms with van der Waals surface area (Å²) in [5.41, 5.74) is 1.23. The average Bonchev–Trinajstić information content (AvgIpc) is 3.03. The number of hydrogen-bond acceptors (Lipinski definition) is 3. The van der Waals surface area contributed by atoms with Crippen LogP contribution < -0.4 is 10.1 Å². The summed E-state index contributed by atoms with van der Waals surface area (Å²) in [6.07, 6.45) is 3.59. The van der Waals surface area contributed by atoms with Gasteiger partial charge in [0, 0.05) is 19.5 Å². The van der Waals surface area contributed by atoms with Crippen LogP contribution in [0.5, 0.6) is 5.75 Å². The summed E-state index contributed by atoms with van der Waals surface area (Å²) in [4.78, 5) is 25.7. The summed E-state index contributed by atoms with van der Waals surface area (Å²) >= 11 is 0. The minimum Gasteiger partial charge on any atom is -0.491 e. The van der Waals surface area contributed by atoms with Crippen molar-refractivity contribution < 1.29 is 14.3 Å². The molecule has 0 unspecified atom stereocenters. The van der Waals surface area contributed by atoms with E-state index in [1.54, 1.807) is 4.90 Å². The highest BCUT2D eigenvalue weighted by Crippen LogP contribution is 2.18. The van der Waals surface area contributed by atoms with E-state index in [0.717, 1.165) is 31.4 Å². The van der Waals surface area contributed by atoms with Gasteiger partial charge < -0.3 is 15.0 Å². The van der Waals surface area contributed by atoms with E-state index >= 15 is 0 Å². The fraction of sp³-hybridized carbons (Fsp3) is 0.600. The third-order valence-corrected chi connectivity index (χ3v) is 4.51. The molecule has 0 aliphatic carbocycles. The lowest BCUT2D eigenvalue weighted by Crippen LogP contribution is -2.47. The van der Waals surface area contributed by atoms with Gasteiger partial charge >= 0.3 is 0 Å². The number of nitrogens with one attached hydrogen (secondary N) is 1. The van der Waals surface area contributed by atoms with Crippen LogP contribution in [-0.2, 0) is 16.0 Å². The van der Waals surface area contributed by atoms with Crippen molar-refractivity contribution in [3.05, 3.63) is 29.8 Å². The summed E-state index contributed by atoms with van der Waals surface area (Å²) in [5, 5.41) is 3.06. The standard InChI is InChI=1S/C20H30N2O3/c1-14(2)25-18-11-9-17(10-12-18)8-7-15(3)21-20(24)19-6-5-13-22(19)16(4)23/h9-12,14-15,19H,5-8,13H2,1-4H3,(H,21,24)/t15-,19-/m1/s1. The van der Waals surface area contributed by atoms with Gasteiger partial charge in [-0.3, -0.25) is 9.59 Å². The first-order chi connectivity index (χ1) is 11.9. The molecule has 0 bridgehead atoms. The maximum absolute atomic E-state index is 12.4. The summed E-state index contributed by atoms with van der Waals surface area (Å²) < 4.78 is 5.64. The zero-order valence-corrected chi connectivity index (χ0v) is 15.7. The zero-order valence-electron chi connectivity index (χ0n) is 15.7. The number of carbonyl (C=O) groups excluding carboxylic acids is 2. The van der Waals surface area contributed by atoms with Gasteiger partial charge in [-0.2, -0.15) is 0 Å². The van der Waals surface area contributed by atoms with Crippen LogP contribution in [0.1, 0.15) is 52.5 Å². The van der Waals surface area contributed by atoms with Crippen molar-refractivity contribution in [3.63, 3.8) is 0 Å². The normalized spacial score (nSPS) is 18.3. The molecule has 1 aliphatic heterocycles. The number of rotatable bonds is 7. The average molecular weight is 346 g/mol. The molecule has 1 aromatic rings. The van der Waals surface area contributed by atoms with E-state index in [0.29, 0.717) is 6.54 Å². The van der Waals surface area contributed by atoms with Crippen molar-refractivity contribution in [2.24, 2.45) is 0 Å². The Morgan fingerprint density at radius 1 is 1.24 bits per heavy atom. The Balaban J connectivity index is 1.79. The van der Waals surface area contributed by atoms with Crippen molar-refractivity contribution in [2.45, 2.75) is 71.6 Å². The summed E-state index contributed by atoms with van der Waals surface area (Å²) in [5.74, 6) is 0.834. The second kappa shape index (κ2) is 8.88. The molecule has 0 radical (unpaired) electrons. The molecule has 138 valence electrons. The van der Waals surface area contributed by atoms with Crippen LogP contribution in [0, 0.1) is 0 Å². The Morgan fingerprint density at radius 3 is 2.52 bits per heavy atom. The Kier molecular flexibility index (Phi) is 6.85. The summed E-state index contributed by atoms with van der Waals surface area (Å²) in [6.45, 7) is 8.25. The molecule has 1 aromatic carbocycles. The van der Waals surface area contributed by atoms with Crippen molar-refractivity contribution in [1.82, 2.24) is 10.2 Å². The monoisotopic (exact) mass is 346 g/mol. The molecule has 5 heteroatoms. The molecule has 5 nitrogen and oxygen atoms in total. The van der Waals surface area contributed by atoms with Crippen LogP contribution in [0.2, 0.25) is 0 Å². The molecule has 1 saturated heterocycles. The molecule has 2 amide bonds. The lowest BCUT2D eigenvalue weighted by atomic mass is 10.1. The number of carbonyl (C=O) groups is 2. The van der Waals surface area contributed by atoms with Crippen LogP contribution in [0.15, 0.2) is 24.3 Å². The largest absolute Gasteiger partial charge is 0.491 e. The van der Waals surface area contributed by atoms with E-state index in [1.807, 2.05) is 32.9 Å². The van der Waals surface area contributed by atoms with E-state index in [-0.39, 0.29) is 30.0 Å². The minimum atomic E-state index is -0.299. The van der Waals surface area contributed by atoms with E-state index in [4.69, 9.17) is 4.74 Å². The van der Waals surface area contributed by atoms with E-state index < -0.39 is 0 Å². The van der Waals surface area contributed by atoms with Gasteiger partial charge in [0.05, 0.1) is 6.10 Å². The van der Waals surface area contributed by atoms with E-state index in [2.05, 4.69) is 17.4 Å². The van der Waals surface area contributed by atoms with Crippen molar-refractivity contribution in [2.75, 3.05) is 6.54 Å². The first-order valence-electron chi connectivity index (χ1n) is 9.20. The number of benzene rings is 1. The SMILES string of the molecule is CC(=O)N1CCC[C@@H]1C(=O)N[C@H](C)CCc1ccc(OC(C)C)cc1. The molecule has 1 N–H and O–H groups in total. The first kappa shape index (κ1) is 19.3. The van der Waals surface area contributed by atoms with Crippen LogP contribution in [0.3, 0.4) is 0 Å². The Morgan fingerprint density at radius 2 is 1.92 bits per heavy atom. The fourth-order valence-corrected chi connectivity index (χ4v) is 3.22. The Bertz CT molecular complexity index is 583. The van der Waals surface area contributed by atoms with Gasteiger partial charge in [-0.1, -0.05) is 12.1 Å². The number of hydrogen-bond donors (Lipinski definition) is 1. The quantitative estimate of drug-likeness (QED) is 0.826. The zero-order chi connectivity index (χ0) is 18.4. The number of likely N-dealkylation sites (tertiary alicyclic amines) is 1. The first-order valence-corrected chi connectivity index (χ1v) is 9.20. The van der Waals surface area contributed by atoms with Gasteiger partial charge in [-0.15, -0.1) is 0 Å². The van der Waals surface area contributed by atoms with Crippen LogP contribution >= 0.6 is 0 Å². The summed E-state index contributed by atoms with van der Waals surface area (Å²) in [7, 11) is 0. The highest BCUT2D eigenvalue weighted by molar-refractivity contribution is 5.87. The maximum Gasteiger partial charge on any atom is 0.243 e. The molecule has 1 aliphatic rings. The van der Waals surface area contributed by atoms with Gasteiger partial charge in [0.1, 0.15) is 11.8 Å². The van der Waals surface area contributed by atoms with Gasteiger partial charge in [0.25, 0.3) is 0 Å². The van der Waals surface area contributed by atoms with E-state index in [9.17, 15) is 9.59 Å². The van der Waals surface area contributed by atoms with Gasteiger partial charge in [0.2, 0.25) is 11.8 Å². The number of nitrogens with zero attached hydrogens (tertiary/aromatic N) is 1. The molecule has 0 saturated carbocycles. The predicted octanol–water partition coefficient (Wildman–Crippen LogP) is 2.92. The summed E-state index contributed by atoms with van der Waals surface area (Å²) in [6, 6.07) is 7.89. The fourth-order valence-electron chi connectivity index (χ4n) is 3.22. The smallest absolute Gasteiger partial charge is 0.243 e. The molecule has 1 heterocycles. The van der Waals surface area contributed by atoms with Crippen molar-refractivity contribution in [3.8, 4) is 5.75 Å². The maximum atomic E-state index is 12.4. The minimum absolute atomic E-state index is 0.0194. The van der Waals surface area contributed by atoms with Gasteiger partial charge in [-0.05, 0) is 64.2 Å².